The van der Waals surface area contributed by atoms with E-state index in [0.717, 1.165) is 10.0 Å². The molecule has 0 amide bonds. The molecule has 0 aliphatic heterocycles. The Bertz CT molecular complexity index is 556. The fourth-order valence-corrected chi connectivity index (χ4v) is 2.19. The Kier molecular flexibility index (Phi) is 4.17. The number of methoxy groups -OCH3 is 1. The lowest BCUT2D eigenvalue weighted by Gasteiger charge is -2.23. The molecule has 1 aromatic heterocycles. The predicted molar refractivity (Wildman–Crippen MR) is 76.0 cm³/mol. The van der Waals surface area contributed by atoms with Gasteiger partial charge in [0, 0.05) is 23.3 Å². The highest BCUT2D eigenvalue weighted by Gasteiger charge is 2.29. The highest BCUT2D eigenvalue weighted by molar-refractivity contribution is 9.10. The number of hydrogen-bond donors (Lipinski definition) is 1. The van der Waals surface area contributed by atoms with Gasteiger partial charge in [-0.25, -0.2) is 4.98 Å². The average Bonchev–Trinajstić information content (AvgIpc) is 2.41. The van der Waals surface area contributed by atoms with Crippen LogP contribution in [0.15, 0.2) is 41.1 Å². The van der Waals surface area contributed by atoms with Crippen LogP contribution in [0.2, 0.25) is 0 Å². The van der Waals surface area contributed by atoms with Gasteiger partial charge >= 0.3 is 0 Å². The lowest BCUT2D eigenvalue weighted by Crippen LogP contribution is -2.26. The van der Waals surface area contributed by atoms with Crippen LogP contribution < -0.4 is 4.74 Å². The standard InChI is InChI=1S/C14H15BrN2O2/c1-14(18,9-10-3-5-11(15)6-4-10)12-13(19-2)17-8-7-16-12/h3-8,18H,9H2,1-2H3. The van der Waals surface area contributed by atoms with Crippen LogP contribution in [0.25, 0.3) is 0 Å². The van der Waals surface area contributed by atoms with Gasteiger partial charge in [0.05, 0.1) is 7.11 Å². The number of benzene rings is 1. The van der Waals surface area contributed by atoms with Crippen LogP contribution >= 0.6 is 15.9 Å². The molecule has 2 aromatic rings. The van der Waals surface area contributed by atoms with Crippen molar-refractivity contribution in [2.24, 2.45) is 0 Å². The number of ether oxygens (including phenoxy) is 1. The van der Waals surface area contributed by atoms with E-state index >= 15 is 0 Å². The minimum atomic E-state index is -1.13. The van der Waals surface area contributed by atoms with E-state index in [9.17, 15) is 5.11 Å². The highest BCUT2D eigenvalue weighted by Crippen LogP contribution is 2.29. The predicted octanol–water partition coefficient (Wildman–Crippen LogP) is 2.70. The van der Waals surface area contributed by atoms with Crippen molar-refractivity contribution < 1.29 is 9.84 Å². The fourth-order valence-electron chi connectivity index (χ4n) is 1.93. The van der Waals surface area contributed by atoms with E-state index in [1.807, 2.05) is 24.3 Å². The summed E-state index contributed by atoms with van der Waals surface area (Å²) in [5.74, 6) is 0.351. The quantitative estimate of drug-likeness (QED) is 0.940. The summed E-state index contributed by atoms with van der Waals surface area (Å²) in [5.41, 5.74) is 0.328. The maximum absolute atomic E-state index is 10.6. The summed E-state index contributed by atoms with van der Waals surface area (Å²) in [4.78, 5) is 8.26. The first kappa shape index (κ1) is 14.0. The molecular formula is C14H15BrN2O2. The molecule has 0 bridgehead atoms. The summed E-state index contributed by atoms with van der Waals surface area (Å²) in [6.45, 7) is 1.71. The van der Waals surface area contributed by atoms with Crippen LogP contribution in [0, 0.1) is 0 Å². The van der Waals surface area contributed by atoms with Crippen molar-refractivity contribution in [3.8, 4) is 5.88 Å². The number of nitrogens with zero attached hydrogens (tertiary/aromatic N) is 2. The van der Waals surface area contributed by atoms with Crippen molar-refractivity contribution in [3.05, 3.63) is 52.4 Å². The Morgan fingerprint density at radius 2 is 1.84 bits per heavy atom. The van der Waals surface area contributed by atoms with Crippen LogP contribution in [0.4, 0.5) is 0 Å². The number of rotatable bonds is 4. The molecule has 0 aliphatic carbocycles. The van der Waals surface area contributed by atoms with E-state index in [1.54, 1.807) is 13.1 Å². The summed E-state index contributed by atoms with van der Waals surface area (Å²) >= 11 is 3.39. The highest BCUT2D eigenvalue weighted by atomic mass is 79.9. The monoisotopic (exact) mass is 322 g/mol. The van der Waals surface area contributed by atoms with Crippen LogP contribution in [0.3, 0.4) is 0 Å². The molecule has 0 spiro atoms. The van der Waals surface area contributed by atoms with Gasteiger partial charge in [-0.1, -0.05) is 28.1 Å². The van der Waals surface area contributed by atoms with E-state index in [0.29, 0.717) is 18.0 Å². The van der Waals surface area contributed by atoms with Crippen LogP contribution in [-0.4, -0.2) is 22.2 Å². The molecule has 1 N–H and O–H groups in total. The minimum absolute atomic E-state index is 0.351. The Hall–Kier alpha value is -1.46. The maximum atomic E-state index is 10.6. The molecule has 0 radical (unpaired) electrons. The van der Waals surface area contributed by atoms with Gasteiger partial charge in [0.2, 0.25) is 5.88 Å². The molecule has 4 nitrogen and oxygen atoms in total. The molecule has 0 saturated heterocycles. The Balaban J connectivity index is 2.29. The van der Waals surface area contributed by atoms with Crippen molar-refractivity contribution in [2.75, 3.05) is 7.11 Å². The van der Waals surface area contributed by atoms with Gasteiger partial charge < -0.3 is 9.84 Å². The minimum Gasteiger partial charge on any atom is -0.480 e. The average molecular weight is 323 g/mol. The lowest BCUT2D eigenvalue weighted by atomic mass is 9.93. The van der Waals surface area contributed by atoms with Crippen molar-refractivity contribution in [1.82, 2.24) is 9.97 Å². The topological polar surface area (TPSA) is 55.2 Å². The zero-order valence-electron chi connectivity index (χ0n) is 10.8. The molecule has 5 heteroatoms. The summed E-state index contributed by atoms with van der Waals surface area (Å²) in [5, 5.41) is 10.6. The van der Waals surface area contributed by atoms with Crippen LogP contribution in [0.1, 0.15) is 18.2 Å². The van der Waals surface area contributed by atoms with Gasteiger partial charge in [-0.15, -0.1) is 0 Å². The number of aliphatic hydroxyl groups is 1. The molecule has 0 aliphatic rings. The SMILES string of the molecule is COc1nccnc1C(C)(O)Cc1ccc(Br)cc1. The zero-order chi connectivity index (χ0) is 13.9. The summed E-state index contributed by atoms with van der Waals surface area (Å²) in [6.07, 6.45) is 3.53. The second kappa shape index (κ2) is 5.67. The molecule has 19 heavy (non-hydrogen) atoms. The molecule has 1 aromatic carbocycles. The van der Waals surface area contributed by atoms with Crippen molar-refractivity contribution in [1.29, 1.82) is 0 Å². The third kappa shape index (κ3) is 3.30. The number of hydrogen-bond acceptors (Lipinski definition) is 4. The van der Waals surface area contributed by atoms with E-state index < -0.39 is 5.60 Å². The van der Waals surface area contributed by atoms with Crippen molar-refractivity contribution in [3.63, 3.8) is 0 Å². The fraction of sp³-hybridized carbons (Fsp3) is 0.286. The summed E-state index contributed by atoms with van der Waals surface area (Å²) in [7, 11) is 1.52. The molecule has 1 heterocycles. The Labute approximate surface area is 120 Å². The van der Waals surface area contributed by atoms with Crippen molar-refractivity contribution in [2.45, 2.75) is 18.9 Å². The van der Waals surface area contributed by atoms with E-state index in [2.05, 4.69) is 25.9 Å². The van der Waals surface area contributed by atoms with E-state index in [-0.39, 0.29) is 0 Å². The van der Waals surface area contributed by atoms with Crippen LogP contribution in [-0.2, 0) is 12.0 Å². The van der Waals surface area contributed by atoms with E-state index in [4.69, 9.17) is 4.74 Å². The van der Waals surface area contributed by atoms with Crippen molar-refractivity contribution >= 4 is 15.9 Å². The van der Waals surface area contributed by atoms with E-state index in [1.165, 1.54) is 13.3 Å². The molecule has 1 unspecified atom stereocenters. The number of aromatic nitrogens is 2. The molecule has 100 valence electrons. The Morgan fingerprint density at radius 3 is 2.47 bits per heavy atom. The van der Waals surface area contributed by atoms with Gasteiger partial charge in [0.15, 0.2) is 0 Å². The van der Waals surface area contributed by atoms with Gasteiger partial charge in [-0.3, -0.25) is 4.98 Å². The third-order valence-corrected chi connectivity index (χ3v) is 3.36. The lowest BCUT2D eigenvalue weighted by molar-refractivity contribution is 0.0494. The van der Waals surface area contributed by atoms with Crippen LogP contribution in [0.5, 0.6) is 5.88 Å². The largest absolute Gasteiger partial charge is 0.480 e. The zero-order valence-corrected chi connectivity index (χ0v) is 12.4. The smallest absolute Gasteiger partial charge is 0.238 e. The first-order valence-corrected chi connectivity index (χ1v) is 6.64. The second-order valence-electron chi connectivity index (χ2n) is 4.49. The molecule has 0 saturated carbocycles. The second-order valence-corrected chi connectivity index (χ2v) is 5.41. The third-order valence-electron chi connectivity index (χ3n) is 2.83. The Morgan fingerprint density at radius 1 is 1.21 bits per heavy atom. The normalized spacial score (nSPS) is 13.9. The number of halogens is 1. The maximum Gasteiger partial charge on any atom is 0.238 e. The first-order chi connectivity index (χ1) is 9.03. The summed E-state index contributed by atoms with van der Waals surface area (Å²) < 4.78 is 6.15. The van der Waals surface area contributed by atoms with Gasteiger partial charge in [-0.2, -0.15) is 0 Å². The first-order valence-electron chi connectivity index (χ1n) is 5.85. The molecule has 2 rings (SSSR count). The molecular weight excluding hydrogens is 308 g/mol. The summed E-state index contributed by atoms with van der Waals surface area (Å²) in [6, 6.07) is 7.81. The van der Waals surface area contributed by atoms with Gasteiger partial charge in [-0.05, 0) is 24.6 Å². The van der Waals surface area contributed by atoms with Gasteiger partial charge in [0.25, 0.3) is 0 Å². The van der Waals surface area contributed by atoms with Gasteiger partial charge in [0.1, 0.15) is 11.3 Å². The molecule has 1 atom stereocenters. The molecule has 0 fully saturated rings.